The minimum Gasteiger partial charge on any atom is -0.456 e. The zero-order chi connectivity index (χ0) is 14.7. The van der Waals surface area contributed by atoms with Crippen LogP contribution in [0.3, 0.4) is 0 Å². The summed E-state index contributed by atoms with van der Waals surface area (Å²) < 4.78 is 19.5. The Morgan fingerprint density at radius 2 is 2.05 bits per heavy atom. The highest BCUT2D eigenvalue weighted by Crippen LogP contribution is 2.30. The quantitative estimate of drug-likeness (QED) is 0.622. The van der Waals surface area contributed by atoms with E-state index in [0.29, 0.717) is 4.47 Å². The first-order chi connectivity index (χ1) is 9.51. The van der Waals surface area contributed by atoms with Crippen LogP contribution < -0.4 is 4.74 Å². The largest absolute Gasteiger partial charge is 0.456 e. The minimum absolute atomic E-state index is 0.0759. The lowest BCUT2D eigenvalue weighted by Gasteiger charge is -2.07. The lowest BCUT2D eigenvalue weighted by Crippen LogP contribution is -1.94. The summed E-state index contributed by atoms with van der Waals surface area (Å²) >= 11 is 3.22. The van der Waals surface area contributed by atoms with Gasteiger partial charge < -0.3 is 4.74 Å². The molecule has 20 heavy (non-hydrogen) atoms. The van der Waals surface area contributed by atoms with E-state index < -0.39 is 16.4 Å². The maximum atomic E-state index is 13.5. The van der Waals surface area contributed by atoms with Crippen LogP contribution in [0, 0.1) is 27.3 Å². The monoisotopic (exact) mass is 336 g/mol. The second-order valence-corrected chi connectivity index (χ2v) is 4.64. The molecule has 0 atom stereocenters. The van der Waals surface area contributed by atoms with Gasteiger partial charge >= 0.3 is 5.69 Å². The molecule has 0 saturated carbocycles. The van der Waals surface area contributed by atoms with E-state index in [1.165, 1.54) is 6.07 Å². The molecule has 0 spiro atoms. The highest BCUT2D eigenvalue weighted by Gasteiger charge is 2.15. The van der Waals surface area contributed by atoms with Gasteiger partial charge in [0.25, 0.3) is 0 Å². The fraction of sp³-hybridized carbons (Fsp3) is 0. The van der Waals surface area contributed by atoms with Gasteiger partial charge in [-0.05, 0) is 24.3 Å². The predicted octanol–water partition coefficient (Wildman–Crippen LogP) is 4.16. The smallest absolute Gasteiger partial charge is 0.305 e. The van der Waals surface area contributed by atoms with Crippen LogP contribution in [0.25, 0.3) is 0 Å². The predicted molar refractivity (Wildman–Crippen MR) is 72.0 cm³/mol. The number of halogens is 2. The number of nitro benzene ring substituents is 1. The third-order valence-corrected chi connectivity index (χ3v) is 2.90. The summed E-state index contributed by atoms with van der Waals surface area (Å²) in [7, 11) is 0. The molecular formula is C13H6BrFN2O3. The lowest BCUT2D eigenvalue weighted by atomic mass is 10.2. The molecule has 2 aromatic rings. The molecule has 7 heteroatoms. The van der Waals surface area contributed by atoms with Crippen LogP contribution in [0.1, 0.15) is 5.56 Å². The number of hydrogen-bond acceptors (Lipinski definition) is 4. The van der Waals surface area contributed by atoms with Gasteiger partial charge in [0.2, 0.25) is 5.82 Å². The van der Waals surface area contributed by atoms with E-state index in [0.717, 1.165) is 12.1 Å². The van der Waals surface area contributed by atoms with Crippen molar-refractivity contribution >= 4 is 21.6 Å². The zero-order valence-electron chi connectivity index (χ0n) is 9.84. The first kappa shape index (κ1) is 14.0. The molecule has 0 aliphatic heterocycles. The van der Waals surface area contributed by atoms with Gasteiger partial charge in [-0.3, -0.25) is 10.1 Å². The highest BCUT2D eigenvalue weighted by atomic mass is 79.9. The summed E-state index contributed by atoms with van der Waals surface area (Å²) in [4.78, 5) is 9.69. The van der Waals surface area contributed by atoms with Crippen molar-refractivity contribution < 1.29 is 14.1 Å². The summed E-state index contributed by atoms with van der Waals surface area (Å²) in [5, 5.41) is 19.5. The first-order valence-corrected chi connectivity index (χ1v) is 6.12. The van der Waals surface area contributed by atoms with Gasteiger partial charge in [-0.15, -0.1) is 0 Å². The Morgan fingerprint density at radius 1 is 1.30 bits per heavy atom. The molecule has 0 heterocycles. The maximum absolute atomic E-state index is 13.5. The molecule has 0 bridgehead atoms. The Hall–Kier alpha value is -2.46. The van der Waals surface area contributed by atoms with Crippen molar-refractivity contribution in [3.05, 3.63) is 62.4 Å². The summed E-state index contributed by atoms with van der Waals surface area (Å²) in [5.74, 6) is -0.681. The van der Waals surface area contributed by atoms with Crippen molar-refractivity contribution in [1.82, 2.24) is 0 Å². The van der Waals surface area contributed by atoms with E-state index in [1.807, 2.05) is 6.07 Å². The minimum atomic E-state index is -0.997. The molecule has 2 aromatic carbocycles. The molecule has 0 saturated heterocycles. The van der Waals surface area contributed by atoms with Crippen LogP contribution in [0.2, 0.25) is 0 Å². The Labute approximate surface area is 121 Å². The van der Waals surface area contributed by atoms with Gasteiger partial charge in [-0.25, -0.2) is 0 Å². The van der Waals surface area contributed by atoms with Crippen molar-refractivity contribution in [1.29, 1.82) is 5.26 Å². The third kappa shape index (κ3) is 2.92. The van der Waals surface area contributed by atoms with Crippen LogP contribution >= 0.6 is 15.9 Å². The van der Waals surface area contributed by atoms with Crippen molar-refractivity contribution in [2.45, 2.75) is 0 Å². The highest BCUT2D eigenvalue weighted by molar-refractivity contribution is 9.10. The van der Waals surface area contributed by atoms with E-state index in [2.05, 4.69) is 15.9 Å². The average molecular weight is 337 g/mol. The third-order valence-electron chi connectivity index (χ3n) is 2.41. The summed E-state index contributed by atoms with van der Waals surface area (Å²) in [5.41, 5.74) is -0.369. The molecule has 0 fully saturated rings. The first-order valence-electron chi connectivity index (χ1n) is 5.32. The number of nitro groups is 1. The molecule has 0 radical (unpaired) electrons. The van der Waals surface area contributed by atoms with Gasteiger partial charge in [0, 0.05) is 16.6 Å². The van der Waals surface area contributed by atoms with Crippen LogP contribution in [-0.2, 0) is 0 Å². The standard InChI is InChI=1S/C13H6BrFN2O3/c14-9-1-4-13(8(5-9)7-16)20-10-2-3-12(17(18)19)11(15)6-10/h1-6H. The van der Waals surface area contributed by atoms with Gasteiger partial charge in [-0.2, -0.15) is 9.65 Å². The normalized spacial score (nSPS) is 9.85. The summed E-state index contributed by atoms with van der Waals surface area (Å²) in [6.07, 6.45) is 0. The molecule has 0 aliphatic carbocycles. The van der Waals surface area contributed by atoms with Crippen molar-refractivity contribution in [2.24, 2.45) is 0 Å². The van der Waals surface area contributed by atoms with Crippen molar-refractivity contribution in [3.8, 4) is 17.6 Å². The van der Waals surface area contributed by atoms with Gasteiger partial charge in [0.05, 0.1) is 10.5 Å². The number of ether oxygens (including phenoxy) is 1. The Bertz CT molecular complexity index is 728. The van der Waals surface area contributed by atoms with Crippen molar-refractivity contribution in [3.63, 3.8) is 0 Å². The number of benzene rings is 2. The van der Waals surface area contributed by atoms with Crippen molar-refractivity contribution in [2.75, 3.05) is 0 Å². The maximum Gasteiger partial charge on any atom is 0.305 e. The molecule has 0 N–H and O–H groups in total. The molecular weight excluding hydrogens is 331 g/mol. The lowest BCUT2D eigenvalue weighted by molar-refractivity contribution is -0.387. The van der Waals surface area contributed by atoms with Crippen LogP contribution in [0.15, 0.2) is 40.9 Å². The van der Waals surface area contributed by atoms with E-state index in [-0.39, 0.29) is 17.1 Å². The second-order valence-electron chi connectivity index (χ2n) is 3.72. The number of nitrogens with zero attached hydrogens (tertiary/aromatic N) is 2. The van der Waals surface area contributed by atoms with E-state index in [9.17, 15) is 14.5 Å². The van der Waals surface area contributed by atoms with Crippen LogP contribution in [-0.4, -0.2) is 4.92 Å². The molecule has 100 valence electrons. The van der Waals surface area contributed by atoms with E-state index >= 15 is 0 Å². The molecule has 0 unspecified atom stereocenters. The Balaban J connectivity index is 2.34. The van der Waals surface area contributed by atoms with E-state index in [4.69, 9.17) is 10.00 Å². The van der Waals surface area contributed by atoms with Crippen LogP contribution in [0.5, 0.6) is 11.5 Å². The SMILES string of the molecule is N#Cc1cc(Br)ccc1Oc1ccc([N+](=O)[O-])c(F)c1. The molecule has 5 nitrogen and oxygen atoms in total. The molecule has 0 amide bonds. The number of nitriles is 1. The van der Waals surface area contributed by atoms with Gasteiger partial charge in [0.1, 0.15) is 17.6 Å². The topological polar surface area (TPSA) is 76.2 Å². The van der Waals surface area contributed by atoms with Gasteiger partial charge in [-0.1, -0.05) is 15.9 Å². The molecule has 2 rings (SSSR count). The number of hydrogen-bond donors (Lipinski definition) is 0. The summed E-state index contributed by atoms with van der Waals surface area (Å²) in [6, 6.07) is 9.89. The average Bonchev–Trinajstić information content (AvgIpc) is 2.40. The summed E-state index contributed by atoms with van der Waals surface area (Å²) in [6.45, 7) is 0. The Morgan fingerprint density at radius 3 is 2.65 bits per heavy atom. The zero-order valence-corrected chi connectivity index (χ0v) is 11.4. The molecule has 0 aromatic heterocycles. The Kier molecular flexibility index (Phi) is 3.96. The van der Waals surface area contributed by atoms with E-state index in [1.54, 1.807) is 18.2 Å². The van der Waals surface area contributed by atoms with Gasteiger partial charge in [0.15, 0.2) is 0 Å². The fourth-order valence-electron chi connectivity index (χ4n) is 1.50. The second kappa shape index (κ2) is 5.67. The molecule has 0 aliphatic rings. The number of rotatable bonds is 3. The fourth-order valence-corrected chi connectivity index (χ4v) is 1.87. The van der Waals surface area contributed by atoms with Crippen LogP contribution in [0.4, 0.5) is 10.1 Å².